The summed E-state index contributed by atoms with van der Waals surface area (Å²) in [5.74, 6) is 0.154. The average molecular weight is 279 g/mol. The summed E-state index contributed by atoms with van der Waals surface area (Å²) >= 11 is 0. The van der Waals surface area contributed by atoms with E-state index in [9.17, 15) is 14.9 Å². The molecule has 1 aliphatic rings. The maximum atomic E-state index is 12.2. The second-order valence-electron chi connectivity index (χ2n) is 5.15. The van der Waals surface area contributed by atoms with Crippen LogP contribution in [0.3, 0.4) is 0 Å². The van der Waals surface area contributed by atoms with Crippen molar-refractivity contribution in [1.82, 2.24) is 0 Å². The van der Waals surface area contributed by atoms with Crippen molar-refractivity contribution in [3.63, 3.8) is 0 Å². The van der Waals surface area contributed by atoms with Crippen LogP contribution in [-0.4, -0.2) is 23.5 Å². The molecule has 1 unspecified atom stereocenters. The average Bonchev–Trinajstić information content (AvgIpc) is 3.23. The Morgan fingerprint density at radius 3 is 2.70 bits per heavy atom. The lowest BCUT2D eigenvalue weighted by atomic mass is 9.96. The summed E-state index contributed by atoms with van der Waals surface area (Å²) in [5.41, 5.74) is 5.17. The molecule has 108 valence electrons. The van der Waals surface area contributed by atoms with Crippen molar-refractivity contribution in [3.8, 4) is 5.75 Å². The standard InChI is InChI=1S/C13H17N3O4/c1-13(14,8-3-4-8)12(17)15-10-7-9(16(18)19)5-6-11(10)20-2/h5-8H,3-4,14H2,1-2H3,(H,15,17). The van der Waals surface area contributed by atoms with Crippen LogP contribution in [0.15, 0.2) is 18.2 Å². The topological polar surface area (TPSA) is 107 Å². The zero-order valence-corrected chi connectivity index (χ0v) is 11.4. The molecule has 2 rings (SSSR count). The van der Waals surface area contributed by atoms with E-state index in [1.54, 1.807) is 6.92 Å². The van der Waals surface area contributed by atoms with Crippen LogP contribution in [0.5, 0.6) is 5.75 Å². The molecule has 1 aromatic carbocycles. The number of non-ortho nitro benzene ring substituents is 1. The lowest BCUT2D eigenvalue weighted by Gasteiger charge is -2.23. The van der Waals surface area contributed by atoms with Crippen molar-refractivity contribution in [2.24, 2.45) is 11.7 Å². The number of anilines is 1. The van der Waals surface area contributed by atoms with Gasteiger partial charge in [-0.05, 0) is 31.7 Å². The maximum Gasteiger partial charge on any atom is 0.271 e. The first kappa shape index (κ1) is 14.3. The molecule has 0 heterocycles. The Bertz CT molecular complexity index is 553. The number of nitro groups is 1. The van der Waals surface area contributed by atoms with E-state index < -0.39 is 10.5 Å². The van der Waals surface area contributed by atoms with Crippen LogP contribution in [0.25, 0.3) is 0 Å². The van der Waals surface area contributed by atoms with Crippen molar-refractivity contribution < 1.29 is 14.5 Å². The van der Waals surface area contributed by atoms with E-state index in [0.29, 0.717) is 5.75 Å². The fraction of sp³-hybridized carbons (Fsp3) is 0.462. The number of ether oxygens (including phenoxy) is 1. The van der Waals surface area contributed by atoms with Crippen molar-refractivity contribution in [3.05, 3.63) is 28.3 Å². The lowest BCUT2D eigenvalue weighted by Crippen LogP contribution is -2.50. The quantitative estimate of drug-likeness (QED) is 0.629. The SMILES string of the molecule is COc1ccc([N+](=O)[O-])cc1NC(=O)C(C)(N)C1CC1. The van der Waals surface area contributed by atoms with E-state index in [1.165, 1.54) is 25.3 Å². The molecule has 1 atom stereocenters. The van der Waals surface area contributed by atoms with Crippen LogP contribution in [0, 0.1) is 16.0 Å². The van der Waals surface area contributed by atoms with Gasteiger partial charge in [0.25, 0.3) is 5.69 Å². The third-order valence-corrected chi connectivity index (χ3v) is 3.56. The van der Waals surface area contributed by atoms with Gasteiger partial charge < -0.3 is 15.8 Å². The summed E-state index contributed by atoms with van der Waals surface area (Å²) in [4.78, 5) is 22.5. The molecular weight excluding hydrogens is 262 g/mol. The van der Waals surface area contributed by atoms with Gasteiger partial charge in [-0.15, -0.1) is 0 Å². The number of hydrogen-bond donors (Lipinski definition) is 2. The van der Waals surface area contributed by atoms with Crippen LogP contribution in [0.2, 0.25) is 0 Å². The number of benzene rings is 1. The molecule has 3 N–H and O–H groups in total. The first-order valence-corrected chi connectivity index (χ1v) is 6.29. The van der Waals surface area contributed by atoms with Crippen molar-refractivity contribution in [2.45, 2.75) is 25.3 Å². The number of nitrogens with two attached hydrogens (primary N) is 1. The largest absolute Gasteiger partial charge is 0.495 e. The third-order valence-electron chi connectivity index (χ3n) is 3.56. The van der Waals surface area contributed by atoms with E-state index in [4.69, 9.17) is 10.5 Å². The number of rotatable bonds is 5. The van der Waals surface area contributed by atoms with Crippen molar-refractivity contribution in [1.29, 1.82) is 0 Å². The molecule has 0 aliphatic heterocycles. The Morgan fingerprint density at radius 2 is 2.20 bits per heavy atom. The van der Waals surface area contributed by atoms with Crippen LogP contribution in [0.1, 0.15) is 19.8 Å². The van der Waals surface area contributed by atoms with Gasteiger partial charge in [0, 0.05) is 12.1 Å². The smallest absolute Gasteiger partial charge is 0.271 e. The number of carbonyl (C=O) groups excluding carboxylic acids is 1. The fourth-order valence-electron chi connectivity index (χ4n) is 2.03. The maximum absolute atomic E-state index is 12.2. The Kier molecular flexibility index (Phi) is 3.63. The molecule has 7 heteroatoms. The molecule has 20 heavy (non-hydrogen) atoms. The van der Waals surface area contributed by atoms with E-state index in [-0.39, 0.29) is 23.2 Å². The Labute approximate surface area is 116 Å². The van der Waals surface area contributed by atoms with Gasteiger partial charge in [0.05, 0.1) is 23.3 Å². The Morgan fingerprint density at radius 1 is 1.55 bits per heavy atom. The first-order valence-electron chi connectivity index (χ1n) is 6.29. The molecule has 7 nitrogen and oxygen atoms in total. The highest BCUT2D eigenvalue weighted by atomic mass is 16.6. The lowest BCUT2D eigenvalue weighted by molar-refractivity contribution is -0.384. The van der Waals surface area contributed by atoms with Gasteiger partial charge in [-0.2, -0.15) is 0 Å². The minimum Gasteiger partial charge on any atom is -0.495 e. The Hall–Kier alpha value is -2.15. The minimum atomic E-state index is -0.977. The van der Waals surface area contributed by atoms with Gasteiger partial charge in [-0.3, -0.25) is 14.9 Å². The summed E-state index contributed by atoms with van der Waals surface area (Å²) < 4.78 is 5.09. The first-order chi connectivity index (χ1) is 9.36. The molecule has 0 radical (unpaired) electrons. The minimum absolute atomic E-state index is 0.119. The van der Waals surface area contributed by atoms with Crippen LogP contribution in [0.4, 0.5) is 11.4 Å². The molecule has 1 amide bonds. The second-order valence-corrected chi connectivity index (χ2v) is 5.15. The van der Waals surface area contributed by atoms with E-state index in [1.807, 2.05) is 0 Å². The van der Waals surface area contributed by atoms with Crippen LogP contribution in [-0.2, 0) is 4.79 Å². The van der Waals surface area contributed by atoms with Gasteiger partial charge in [-0.1, -0.05) is 0 Å². The number of methoxy groups -OCH3 is 1. The highest BCUT2D eigenvalue weighted by molar-refractivity contribution is 5.99. The van der Waals surface area contributed by atoms with Crippen molar-refractivity contribution >= 4 is 17.3 Å². The zero-order valence-electron chi connectivity index (χ0n) is 11.4. The second kappa shape index (κ2) is 5.09. The molecule has 0 bridgehead atoms. The molecule has 1 aromatic rings. The van der Waals surface area contributed by atoms with Gasteiger partial charge in [-0.25, -0.2) is 0 Å². The predicted octanol–water partition coefficient (Wildman–Crippen LogP) is 1.67. The normalized spacial score (nSPS) is 17.1. The summed E-state index contributed by atoms with van der Waals surface area (Å²) in [5, 5.41) is 13.4. The summed E-state index contributed by atoms with van der Waals surface area (Å²) in [6.07, 6.45) is 1.85. The highest BCUT2D eigenvalue weighted by Crippen LogP contribution is 2.39. The van der Waals surface area contributed by atoms with Crippen molar-refractivity contribution in [2.75, 3.05) is 12.4 Å². The summed E-state index contributed by atoms with van der Waals surface area (Å²) in [7, 11) is 1.43. The number of nitro benzene ring substituents is 1. The highest BCUT2D eigenvalue weighted by Gasteiger charge is 2.44. The molecule has 0 spiro atoms. The molecule has 1 fully saturated rings. The van der Waals surface area contributed by atoms with Gasteiger partial charge in [0.2, 0.25) is 5.91 Å². The van der Waals surface area contributed by atoms with Crippen LogP contribution >= 0.6 is 0 Å². The van der Waals surface area contributed by atoms with Gasteiger partial charge in [0.15, 0.2) is 0 Å². The number of nitrogens with one attached hydrogen (secondary N) is 1. The number of carbonyl (C=O) groups is 1. The van der Waals surface area contributed by atoms with E-state index >= 15 is 0 Å². The molecular formula is C13H17N3O4. The van der Waals surface area contributed by atoms with Crippen LogP contribution < -0.4 is 15.8 Å². The van der Waals surface area contributed by atoms with Gasteiger partial charge in [0.1, 0.15) is 5.75 Å². The third kappa shape index (κ3) is 2.72. The number of nitrogens with zero attached hydrogens (tertiary/aromatic N) is 1. The van der Waals surface area contributed by atoms with E-state index in [2.05, 4.69) is 5.32 Å². The fourth-order valence-corrected chi connectivity index (χ4v) is 2.03. The van der Waals surface area contributed by atoms with E-state index in [0.717, 1.165) is 12.8 Å². The molecule has 0 saturated heterocycles. The Balaban J connectivity index is 2.25. The molecule has 1 saturated carbocycles. The summed E-state index contributed by atoms with van der Waals surface area (Å²) in [6.45, 7) is 1.67. The predicted molar refractivity (Wildman–Crippen MR) is 73.6 cm³/mol. The number of amides is 1. The molecule has 0 aromatic heterocycles. The zero-order chi connectivity index (χ0) is 14.9. The number of hydrogen-bond acceptors (Lipinski definition) is 5. The molecule has 1 aliphatic carbocycles. The van der Waals surface area contributed by atoms with Gasteiger partial charge >= 0.3 is 0 Å². The monoisotopic (exact) mass is 279 g/mol. The summed E-state index contributed by atoms with van der Waals surface area (Å²) in [6, 6.07) is 4.02.